The second-order valence-corrected chi connectivity index (χ2v) is 11.0. The minimum absolute atomic E-state index is 0. The maximum atomic E-state index is 12.8. The van der Waals surface area contributed by atoms with Crippen molar-refractivity contribution in [2.75, 3.05) is 37.2 Å². The molecule has 0 bridgehead atoms. The normalized spacial score (nSPS) is 12.7. The molecule has 0 saturated carbocycles. The fourth-order valence-corrected chi connectivity index (χ4v) is 4.63. The van der Waals surface area contributed by atoms with E-state index in [-0.39, 0.29) is 39.1 Å². The van der Waals surface area contributed by atoms with Gasteiger partial charge >= 0.3 is 12.1 Å². The zero-order valence-electron chi connectivity index (χ0n) is 22.3. The number of nitrogens with one attached hydrogen (secondary N) is 2. The first kappa shape index (κ1) is 32.2. The number of amides is 1. The zero-order valence-corrected chi connectivity index (χ0v) is 23.2. The molecule has 3 N–H and O–H groups in total. The molecule has 1 amide bonds. The Morgan fingerprint density at radius 3 is 2.55 bits per heavy atom. The van der Waals surface area contributed by atoms with Gasteiger partial charge in [-0.2, -0.15) is 4.98 Å². The van der Waals surface area contributed by atoms with Gasteiger partial charge in [-0.25, -0.2) is 14.0 Å². The van der Waals surface area contributed by atoms with Crippen LogP contribution in [0.1, 0.15) is 33.3 Å². The number of benzene rings is 2. The Balaban J connectivity index is 0.00000560. The highest BCUT2D eigenvalue weighted by molar-refractivity contribution is 7.93. The number of methoxy groups -OCH3 is 1. The molecular formula is C28H37N5O6S. The number of esters is 1. The highest BCUT2D eigenvalue weighted by Crippen LogP contribution is 2.29. The number of aromatic nitrogens is 2. The van der Waals surface area contributed by atoms with Gasteiger partial charge in [0, 0.05) is 41.1 Å². The number of nitrogens with zero attached hydrogens (tertiary/aromatic N) is 3. The number of aliphatic hydroxyl groups excluding tert-OH is 1. The molecular weight excluding hydrogens is 534 g/mol. The van der Waals surface area contributed by atoms with Crippen LogP contribution in [-0.4, -0.2) is 64.0 Å². The van der Waals surface area contributed by atoms with Gasteiger partial charge in [-0.1, -0.05) is 31.7 Å². The molecule has 1 aromatic heterocycles. The van der Waals surface area contributed by atoms with E-state index in [0.29, 0.717) is 28.8 Å². The fourth-order valence-electron chi connectivity index (χ4n) is 3.55. The van der Waals surface area contributed by atoms with Gasteiger partial charge in [-0.3, -0.25) is 4.79 Å². The summed E-state index contributed by atoms with van der Waals surface area (Å²) in [6.07, 6.45) is 2.98. The van der Waals surface area contributed by atoms with E-state index in [1.54, 1.807) is 37.4 Å². The standard InChI is InChI=1S/C27H33N5O6S.CH4/c1-5-38-27(35)32-39(4,36)22-12-10-21(11-13-22)30-26-28-16-23(25(31-26)29-18(2)17-33)20-8-6-7-19(15-20)9-14-24(34)37-3;/h6-8,10-13,15-16,18,33H,5,9,14,17H2,1-4H3,(H2,28,29,30,31);1H4/t18-,39?;/m1./s1. The summed E-state index contributed by atoms with van der Waals surface area (Å²) in [6, 6.07) is 14.0. The van der Waals surface area contributed by atoms with Crippen LogP contribution in [0.5, 0.6) is 0 Å². The molecule has 12 heteroatoms. The van der Waals surface area contributed by atoms with Crippen LogP contribution in [0.3, 0.4) is 0 Å². The summed E-state index contributed by atoms with van der Waals surface area (Å²) < 4.78 is 26.0. The average molecular weight is 572 g/mol. The summed E-state index contributed by atoms with van der Waals surface area (Å²) in [5.74, 6) is 0.538. The molecule has 216 valence electrons. The van der Waals surface area contributed by atoms with Gasteiger partial charge in [0.05, 0.1) is 30.1 Å². The summed E-state index contributed by atoms with van der Waals surface area (Å²) in [4.78, 5) is 32.7. The quantitative estimate of drug-likeness (QED) is 0.267. The van der Waals surface area contributed by atoms with E-state index in [4.69, 9.17) is 9.47 Å². The van der Waals surface area contributed by atoms with Crippen molar-refractivity contribution >= 4 is 39.2 Å². The molecule has 2 atom stereocenters. The molecule has 0 aliphatic heterocycles. The minimum Gasteiger partial charge on any atom is -0.469 e. The highest BCUT2D eigenvalue weighted by atomic mass is 32.2. The lowest BCUT2D eigenvalue weighted by atomic mass is 10.0. The predicted octanol–water partition coefficient (Wildman–Crippen LogP) is 5.03. The van der Waals surface area contributed by atoms with Crippen LogP contribution in [0.25, 0.3) is 11.1 Å². The molecule has 0 aliphatic rings. The topological polar surface area (TPSA) is 152 Å². The third-order valence-electron chi connectivity index (χ3n) is 5.59. The number of carbonyl (C=O) groups excluding carboxylic acids is 2. The Morgan fingerprint density at radius 1 is 1.18 bits per heavy atom. The average Bonchev–Trinajstić information content (AvgIpc) is 2.92. The summed E-state index contributed by atoms with van der Waals surface area (Å²) in [5, 5.41) is 15.9. The number of hydrogen-bond acceptors (Lipinski definition) is 10. The van der Waals surface area contributed by atoms with E-state index in [1.165, 1.54) is 13.4 Å². The van der Waals surface area contributed by atoms with Crippen LogP contribution in [0.2, 0.25) is 0 Å². The van der Waals surface area contributed by atoms with E-state index in [1.807, 2.05) is 31.2 Å². The lowest BCUT2D eigenvalue weighted by Crippen LogP contribution is -2.21. The number of aryl methyl sites for hydroxylation is 1. The van der Waals surface area contributed by atoms with Crippen LogP contribution in [0, 0.1) is 0 Å². The van der Waals surface area contributed by atoms with Gasteiger partial charge in [-0.15, -0.1) is 4.36 Å². The van der Waals surface area contributed by atoms with E-state index in [9.17, 15) is 18.9 Å². The Hall–Kier alpha value is -4.03. The summed E-state index contributed by atoms with van der Waals surface area (Å²) >= 11 is 0. The monoisotopic (exact) mass is 571 g/mol. The van der Waals surface area contributed by atoms with Crippen molar-refractivity contribution in [3.8, 4) is 11.1 Å². The first-order chi connectivity index (χ1) is 18.6. The predicted molar refractivity (Wildman–Crippen MR) is 156 cm³/mol. The first-order valence-corrected chi connectivity index (χ1v) is 14.2. The third-order valence-corrected chi connectivity index (χ3v) is 7.24. The largest absolute Gasteiger partial charge is 0.469 e. The van der Waals surface area contributed by atoms with Gasteiger partial charge in [0.25, 0.3) is 0 Å². The molecule has 0 fully saturated rings. The van der Waals surface area contributed by atoms with E-state index in [0.717, 1.165) is 16.7 Å². The van der Waals surface area contributed by atoms with Crippen molar-refractivity contribution in [1.29, 1.82) is 0 Å². The maximum absolute atomic E-state index is 12.8. The molecule has 1 heterocycles. The number of anilines is 3. The zero-order chi connectivity index (χ0) is 28.4. The molecule has 3 aromatic rings. The number of aliphatic hydroxyl groups is 1. The van der Waals surface area contributed by atoms with Gasteiger partial charge in [0.1, 0.15) is 5.82 Å². The Labute approximate surface area is 235 Å². The Kier molecular flexibility index (Phi) is 12.0. The molecule has 0 spiro atoms. The van der Waals surface area contributed by atoms with Crippen molar-refractivity contribution in [3.05, 3.63) is 60.3 Å². The smallest absolute Gasteiger partial charge is 0.442 e. The Bertz CT molecular complexity index is 1420. The first-order valence-electron chi connectivity index (χ1n) is 12.3. The van der Waals surface area contributed by atoms with Crippen molar-refractivity contribution in [2.45, 2.75) is 45.1 Å². The summed E-state index contributed by atoms with van der Waals surface area (Å²) in [5.41, 5.74) is 3.17. The van der Waals surface area contributed by atoms with Gasteiger partial charge in [-0.05, 0) is 55.7 Å². The number of rotatable bonds is 11. The molecule has 11 nitrogen and oxygen atoms in total. The molecule has 3 rings (SSSR count). The van der Waals surface area contributed by atoms with Crippen LogP contribution in [0.4, 0.5) is 22.2 Å². The van der Waals surface area contributed by atoms with Crippen LogP contribution in [0.15, 0.2) is 64.0 Å². The summed E-state index contributed by atoms with van der Waals surface area (Å²) in [6.45, 7) is 3.53. The summed E-state index contributed by atoms with van der Waals surface area (Å²) in [7, 11) is -1.60. The van der Waals surface area contributed by atoms with Crippen LogP contribution < -0.4 is 10.6 Å². The molecule has 1 unspecified atom stereocenters. The van der Waals surface area contributed by atoms with Gasteiger partial charge < -0.3 is 25.2 Å². The number of ether oxygens (including phenoxy) is 2. The van der Waals surface area contributed by atoms with Crippen LogP contribution in [-0.2, 0) is 30.4 Å². The molecule has 0 aliphatic carbocycles. The second kappa shape index (κ2) is 14.9. The SMILES string of the molecule is C.CCOC(=O)N=S(C)(=O)c1ccc(Nc2ncc(-c3cccc(CCC(=O)OC)c3)c(N[C@H](C)CO)n2)cc1. The van der Waals surface area contributed by atoms with Crippen molar-refractivity contribution in [2.24, 2.45) is 4.36 Å². The fraction of sp³-hybridized carbons (Fsp3) is 0.357. The number of hydrogen-bond donors (Lipinski definition) is 3. The highest BCUT2D eigenvalue weighted by Gasteiger charge is 2.14. The lowest BCUT2D eigenvalue weighted by molar-refractivity contribution is -0.140. The molecule has 40 heavy (non-hydrogen) atoms. The third kappa shape index (κ3) is 9.02. The lowest BCUT2D eigenvalue weighted by Gasteiger charge is -2.17. The van der Waals surface area contributed by atoms with Crippen LogP contribution >= 0.6 is 0 Å². The van der Waals surface area contributed by atoms with Crippen molar-refractivity contribution < 1.29 is 28.4 Å². The van der Waals surface area contributed by atoms with Crippen molar-refractivity contribution in [3.63, 3.8) is 0 Å². The van der Waals surface area contributed by atoms with Gasteiger partial charge in [0.2, 0.25) is 5.95 Å². The minimum atomic E-state index is -2.96. The van der Waals surface area contributed by atoms with E-state index in [2.05, 4.69) is 25.0 Å². The molecule has 2 aromatic carbocycles. The van der Waals surface area contributed by atoms with Gasteiger partial charge in [0.15, 0.2) is 0 Å². The van der Waals surface area contributed by atoms with Crippen molar-refractivity contribution in [1.82, 2.24) is 9.97 Å². The Morgan fingerprint density at radius 2 is 1.90 bits per heavy atom. The van der Waals surface area contributed by atoms with E-state index < -0.39 is 15.8 Å². The molecule has 0 saturated heterocycles. The second-order valence-electron chi connectivity index (χ2n) is 8.70. The maximum Gasteiger partial charge on any atom is 0.442 e. The molecule has 0 radical (unpaired) electrons. The number of carbonyl (C=O) groups is 2. The van der Waals surface area contributed by atoms with E-state index >= 15 is 0 Å².